The van der Waals surface area contributed by atoms with Crippen LogP contribution in [0.25, 0.3) is 0 Å². The van der Waals surface area contributed by atoms with Gasteiger partial charge in [0.05, 0.1) is 0 Å². The third-order valence-electron chi connectivity index (χ3n) is 3.82. The molecule has 0 unspecified atom stereocenters. The molecule has 2 saturated heterocycles. The van der Waals surface area contributed by atoms with Crippen LogP contribution in [-0.4, -0.2) is 60.9 Å². The summed E-state index contributed by atoms with van der Waals surface area (Å²) in [6, 6.07) is 7.30. The second-order valence-electron chi connectivity index (χ2n) is 5.86. The topological polar surface area (TPSA) is 64.2 Å². The van der Waals surface area contributed by atoms with E-state index >= 15 is 0 Å². The van der Waals surface area contributed by atoms with E-state index in [0.29, 0.717) is 12.8 Å². The minimum Gasteiger partial charge on any atom is -0.326 e. The lowest BCUT2D eigenvalue weighted by atomic mass is 10.2. The summed E-state index contributed by atoms with van der Waals surface area (Å²) in [5.41, 5.74) is 1.44. The molecular formula is C16H22N4O2. The first-order valence-corrected chi connectivity index (χ1v) is 7.83. The molecule has 0 atom stereocenters. The van der Waals surface area contributed by atoms with Crippen LogP contribution in [0.4, 0.5) is 11.4 Å². The van der Waals surface area contributed by atoms with Gasteiger partial charge in [-0.25, -0.2) is 0 Å². The van der Waals surface area contributed by atoms with Crippen molar-refractivity contribution in [2.75, 3.05) is 49.9 Å². The van der Waals surface area contributed by atoms with Gasteiger partial charge < -0.3 is 20.4 Å². The number of hydrogen-bond acceptors (Lipinski definition) is 4. The van der Waals surface area contributed by atoms with Crippen molar-refractivity contribution in [1.82, 2.24) is 9.80 Å². The zero-order valence-corrected chi connectivity index (χ0v) is 12.7. The third kappa shape index (κ3) is 5.13. The summed E-state index contributed by atoms with van der Waals surface area (Å²) in [5.74, 6) is 0.0221. The first-order chi connectivity index (χ1) is 10.7. The Morgan fingerprint density at radius 3 is 1.73 bits per heavy atom. The maximum atomic E-state index is 11.8. The van der Waals surface area contributed by atoms with Gasteiger partial charge in [-0.1, -0.05) is 6.07 Å². The molecule has 2 aliphatic rings. The molecule has 0 saturated carbocycles. The van der Waals surface area contributed by atoms with Gasteiger partial charge in [0.15, 0.2) is 0 Å². The quantitative estimate of drug-likeness (QED) is 0.703. The Labute approximate surface area is 130 Å². The lowest BCUT2D eigenvalue weighted by Gasteiger charge is -2.09. The van der Waals surface area contributed by atoms with E-state index in [4.69, 9.17) is 0 Å². The predicted molar refractivity (Wildman–Crippen MR) is 85.8 cm³/mol. The average Bonchev–Trinajstić information content (AvgIpc) is 3.38. The van der Waals surface area contributed by atoms with Gasteiger partial charge in [-0.3, -0.25) is 9.59 Å². The van der Waals surface area contributed by atoms with Crippen molar-refractivity contribution in [3.63, 3.8) is 0 Å². The second kappa shape index (κ2) is 6.89. The van der Waals surface area contributed by atoms with Gasteiger partial charge in [-0.15, -0.1) is 0 Å². The van der Waals surface area contributed by atoms with Crippen LogP contribution >= 0.6 is 0 Å². The molecule has 3 rings (SSSR count). The number of anilines is 2. The van der Waals surface area contributed by atoms with E-state index in [1.54, 1.807) is 6.07 Å². The number of amides is 2. The normalized spacial score (nSPS) is 17.1. The molecule has 1 aromatic carbocycles. The lowest BCUT2D eigenvalue weighted by Crippen LogP contribution is -2.17. The third-order valence-corrected chi connectivity index (χ3v) is 3.82. The summed E-state index contributed by atoms with van der Waals surface area (Å²) >= 11 is 0. The highest BCUT2D eigenvalue weighted by molar-refractivity contribution is 5.94. The Hall–Kier alpha value is -1.92. The molecule has 0 spiro atoms. The molecule has 0 aliphatic carbocycles. The molecule has 6 heteroatoms. The molecule has 118 valence electrons. The highest BCUT2D eigenvalue weighted by Gasteiger charge is 2.18. The fourth-order valence-corrected chi connectivity index (χ4v) is 2.23. The van der Waals surface area contributed by atoms with Gasteiger partial charge in [0.2, 0.25) is 11.8 Å². The molecule has 2 aliphatic heterocycles. The minimum absolute atomic E-state index is 0.0110. The zero-order valence-electron chi connectivity index (χ0n) is 12.7. The first-order valence-electron chi connectivity index (χ1n) is 7.83. The summed E-state index contributed by atoms with van der Waals surface area (Å²) in [4.78, 5) is 28.1. The van der Waals surface area contributed by atoms with E-state index in [1.807, 2.05) is 18.2 Å². The maximum absolute atomic E-state index is 11.8. The molecule has 6 nitrogen and oxygen atoms in total. The van der Waals surface area contributed by atoms with E-state index in [1.165, 1.54) is 0 Å². The fourth-order valence-electron chi connectivity index (χ4n) is 2.23. The summed E-state index contributed by atoms with van der Waals surface area (Å²) in [6.45, 7) is 6.05. The van der Waals surface area contributed by atoms with E-state index in [2.05, 4.69) is 20.4 Å². The van der Waals surface area contributed by atoms with E-state index in [-0.39, 0.29) is 11.8 Å². The molecular weight excluding hydrogens is 280 g/mol. The fraction of sp³-hybridized carbons (Fsp3) is 0.500. The standard InChI is InChI=1S/C16H22N4O2/c21-15(4-6-19-8-9-19)17-13-2-1-3-14(12-13)18-16(22)5-7-20-10-11-20/h1-3,12H,4-11H2,(H,17,21)(H,18,22). The van der Waals surface area contributed by atoms with Crippen LogP contribution < -0.4 is 10.6 Å². The number of hydrogen-bond donors (Lipinski definition) is 2. The minimum atomic E-state index is 0.0110. The van der Waals surface area contributed by atoms with E-state index < -0.39 is 0 Å². The summed E-state index contributed by atoms with van der Waals surface area (Å²) < 4.78 is 0. The Morgan fingerprint density at radius 1 is 0.864 bits per heavy atom. The van der Waals surface area contributed by atoms with Crippen LogP contribution in [0.15, 0.2) is 24.3 Å². The molecule has 2 N–H and O–H groups in total. The lowest BCUT2D eigenvalue weighted by molar-refractivity contribution is -0.117. The number of benzene rings is 1. The predicted octanol–water partition coefficient (Wildman–Crippen LogP) is 0.975. The molecule has 22 heavy (non-hydrogen) atoms. The summed E-state index contributed by atoms with van der Waals surface area (Å²) in [5, 5.41) is 5.75. The molecule has 1 aromatic rings. The molecule has 2 amide bonds. The van der Waals surface area contributed by atoms with Crippen molar-refractivity contribution < 1.29 is 9.59 Å². The van der Waals surface area contributed by atoms with Crippen LogP contribution in [0.5, 0.6) is 0 Å². The second-order valence-corrected chi connectivity index (χ2v) is 5.86. The number of carbonyl (C=O) groups is 2. The summed E-state index contributed by atoms with van der Waals surface area (Å²) in [7, 11) is 0. The molecule has 2 fully saturated rings. The monoisotopic (exact) mass is 302 g/mol. The molecule has 0 radical (unpaired) electrons. The summed E-state index contributed by atoms with van der Waals surface area (Å²) in [6.07, 6.45) is 1.01. The Morgan fingerprint density at radius 2 is 1.32 bits per heavy atom. The number of rotatable bonds is 8. The number of nitrogens with one attached hydrogen (secondary N) is 2. The Bertz CT molecular complexity index is 508. The van der Waals surface area contributed by atoms with Gasteiger partial charge >= 0.3 is 0 Å². The Balaban J connectivity index is 1.45. The van der Waals surface area contributed by atoms with E-state index in [0.717, 1.165) is 50.6 Å². The van der Waals surface area contributed by atoms with Gasteiger partial charge in [-0.2, -0.15) is 0 Å². The van der Waals surface area contributed by atoms with E-state index in [9.17, 15) is 9.59 Å². The van der Waals surface area contributed by atoms with Gasteiger partial charge in [-0.05, 0) is 18.2 Å². The van der Waals surface area contributed by atoms with Gasteiger partial charge in [0, 0.05) is 63.5 Å². The van der Waals surface area contributed by atoms with Crippen LogP contribution in [0.2, 0.25) is 0 Å². The maximum Gasteiger partial charge on any atom is 0.225 e. The molecule has 2 heterocycles. The largest absolute Gasteiger partial charge is 0.326 e. The average molecular weight is 302 g/mol. The SMILES string of the molecule is O=C(CCN1CC1)Nc1cccc(NC(=O)CCN2CC2)c1. The highest BCUT2D eigenvalue weighted by atomic mass is 16.2. The van der Waals surface area contributed by atoms with Crippen molar-refractivity contribution in [1.29, 1.82) is 0 Å². The van der Waals surface area contributed by atoms with Gasteiger partial charge in [0.1, 0.15) is 0 Å². The molecule has 0 aromatic heterocycles. The van der Waals surface area contributed by atoms with Crippen molar-refractivity contribution >= 4 is 23.2 Å². The van der Waals surface area contributed by atoms with Crippen LogP contribution in [0.3, 0.4) is 0 Å². The smallest absolute Gasteiger partial charge is 0.225 e. The van der Waals surface area contributed by atoms with Crippen LogP contribution in [0, 0.1) is 0 Å². The van der Waals surface area contributed by atoms with Crippen molar-refractivity contribution in [3.8, 4) is 0 Å². The first kappa shape index (κ1) is 15.0. The highest BCUT2D eigenvalue weighted by Crippen LogP contribution is 2.16. The van der Waals surface area contributed by atoms with Crippen molar-refractivity contribution in [2.45, 2.75) is 12.8 Å². The van der Waals surface area contributed by atoms with Crippen molar-refractivity contribution in [2.24, 2.45) is 0 Å². The van der Waals surface area contributed by atoms with Crippen LogP contribution in [0.1, 0.15) is 12.8 Å². The molecule has 0 bridgehead atoms. The van der Waals surface area contributed by atoms with Crippen LogP contribution in [-0.2, 0) is 9.59 Å². The van der Waals surface area contributed by atoms with Crippen molar-refractivity contribution in [3.05, 3.63) is 24.3 Å². The zero-order chi connectivity index (χ0) is 15.4. The number of nitrogens with zero attached hydrogens (tertiary/aromatic N) is 2. The Kier molecular flexibility index (Phi) is 4.70. The van der Waals surface area contributed by atoms with Gasteiger partial charge in [0.25, 0.3) is 0 Å². The number of carbonyl (C=O) groups excluding carboxylic acids is 2.